The Hall–Kier alpha value is -2.34. The summed E-state index contributed by atoms with van der Waals surface area (Å²) in [5, 5.41) is 16.8. The number of para-hydroxylation sites is 2. The quantitative estimate of drug-likeness (QED) is 0.582. The van der Waals surface area contributed by atoms with Crippen LogP contribution in [0.15, 0.2) is 54.6 Å². The van der Waals surface area contributed by atoms with Crippen molar-refractivity contribution in [2.75, 3.05) is 6.54 Å². The molecule has 6 heteroatoms. The summed E-state index contributed by atoms with van der Waals surface area (Å²) < 4.78 is 1.84. The van der Waals surface area contributed by atoms with Crippen LogP contribution in [-0.4, -0.2) is 34.4 Å². The highest BCUT2D eigenvalue weighted by Gasteiger charge is 2.23. The molecule has 0 spiro atoms. The number of halogens is 1. The minimum atomic E-state index is -1.00. The van der Waals surface area contributed by atoms with Gasteiger partial charge in [-0.25, -0.2) is 0 Å². The minimum Gasteiger partial charge on any atom is -0.372 e. The maximum atomic E-state index is 12.8. The molecule has 0 aliphatic carbocycles. The Balaban J connectivity index is 1.99. The molecular weight excluding hydrogens is 350 g/mol. The molecule has 136 valence electrons. The first-order valence-corrected chi connectivity index (χ1v) is 8.93. The van der Waals surface area contributed by atoms with Crippen LogP contribution in [0.25, 0.3) is 16.6 Å². The van der Waals surface area contributed by atoms with Crippen molar-refractivity contribution in [1.29, 1.82) is 0 Å². The van der Waals surface area contributed by atoms with Crippen molar-refractivity contribution < 1.29 is 9.90 Å². The molecule has 0 aliphatic rings. The average Bonchev–Trinajstić information content (AvgIpc) is 2.92. The normalized spacial score (nSPS) is 12.5. The summed E-state index contributed by atoms with van der Waals surface area (Å²) in [5.74, 6) is -0.404. The van der Waals surface area contributed by atoms with Crippen molar-refractivity contribution in [2.45, 2.75) is 26.1 Å². The number of nitrogens with zero attached hydrogens (tertiary/aromatic N) is 1. The summed E-state index contributed by atoms with van der Waals surface area (Å²) in [5.41, 5.74) is 2.06. The molecule has 0 aliphatic heterocycles. The Morgan fingerprint density at radius 1 is 1.12 bits per heavy atom. The van der Waals surface area contributed by atoms with Crippen molar-refractivity contribution in [3.05, 3.63) is 65.3 Å². The third-order valence-corrected chi connectivity index (χ3v) is 4.43. The fourth-order valence-corrected chi connectivity index (χ4v) is 3.25. The van der Waals surface area contributed by atoms with E-state index in [2.05, 4.69) is 10.6 Å². The van der Waals surface area contributed by atoms with E-state index < -0.39 is 12.1 Å². The van der Waals surface area contributed by atoms with Gasteiger partial charge >= 0.3 is 0 Å². The number of rotatable bonds is 6. The van der Waals surface area contributed by atoms with Gasteiger partial charge in [0, 0.05) is 23.7 Å². The van der Waals surface area contributed by atoms with Crippen molar-refractivity contribution in [3.8, 4) is 5.69 Å². The highest BCUT2D eigenvalue weighted by molar-refractivity contribution is 6.36. The number of hydrogen-bond acceptors (Lipinski definition) is 3. The molecule has 0 bridgehead atoms. The number of aromatic nitrogens is 1. The molecule has 0 unspecified atom stereocenters. The summed E-state index contributed by atoms with van der Waals surface area (Å²) in [7, 11) is 0. The SMILES string of the molecule is CC(C)NC[C@H](O)NC(=O)c1c(Cl)n(-c2ccccc2)c2ccccc12. The summed E-state index contributed by atoms with van der Waals surface area (Å²) in [4.78, 5) is 12.8. The lowest BCUT2D eigenvalue weighted by molar-refractivity contribution is 0.0780. The van der Waals surface area contributed by atoms with E-state index in [9.17, 15) is 9.90 Å². The zero-order valence-corrected chi connectivity index (χ0v) is 15.5. The Morgan fingerprint density at radius 2 is 1.77 bits per heavy atom. The lowest BCUT2D eigenvalue weighted by Crippen LogP contribution is -2.43. The topological polar surface area (TPSA) is 66.3 Å². The van der Waals surface area contributed by atoms with E-state index in [1.54, 1.807) is 0 Å². The number of nitrogens with one attached hydrogen (secondary N) is 2. The van der Waals surface area contributed by atoms with Gasteiger partial charge in [0.1, 0.15) is 11.4 Å². The number of amides is 1. The van der Waals surface area contributed by atoms with Crippen molar-refractivity contribution in [1.82, 2.24) is 15.2 Å². The summed E-state index contributed by atoms with van der Waals surface area (Å²) >= 11 is 6.60. The molecule has 3 rings (SSSR count). The standard InChI is InChI=1S/C20H22ClN3O2/c1-13(2)22-12-17(25)23-20(26)18-15-10-6-7-11-16(15)24(19(18)21)14-8-4-3-5-9-14/h3-11,13,17,22,25H,12H2,1-2H3,(H,23,26)/t17-/m0/s1. The van der Waals surface area contributed by atoms with E-state index in [1.807, 2.05) is 73.0 Å². The van der Waals surface area contributed by atoms with E-state index in [4.69, 9.17) is 11.6 Å². The molecule has 1 aromatic heterocycles. The molecule has 5 nitrogen and oxygen atoms in total. The first-order chi connectivity index (χ1) is 12.5. The maximum Gasteiger partial charge on any atom is 0.257 e. The van der Waals surface area contributed by atoms with Gasteiger partial charge in [0.05, 0.1) is 11.1 Å². The van der Waals surface area contributed by atoms with Crippen LogP contribution >= 0.6 is 11.6 Å². The second-order valence-corrected chi connectivity index (χ2v) is 6.76. The summed E-state index contributed by atoms with van der Waals surface area (Å²) in [6.45, 7) is 4.20. The molecule has 0 fully saturated rings. The van der Waals surface area contributed by atoms with E-state index in [0.717, 1.165) is 16.6 Å². The van der Waals surface area contributed by atoms with Crippen LogP contribution in [0.1, 0.15) is 24.2 Å². The van der Waals surface area contributed by atoms with Crippen LogP contribution in [-0.2, 0) is 0 Å². The van der Waals surface area contributed by atoms with Gasteiger partial charge in [0.15, 0.2) is 0 Å². The molecule has 1 amide bonds. The summed E-state index contributed by atoms with van der Waals surface area (Å²) in [6.07, 6.45) is -1.00. The van der Waals surface area contributed by atoms with Gasteiger partial charge in [-0.3, -0.25) is 9.36 Å². The maximum absolute atomic E-state index is 12.8. The zero-order valence-electron chi connectivity index (χ0n) is 14.7. The third-order valence-electron chi connectivity index (χ3n) is 4.08. The Morgan fingerprint density at radius 3 is 2.46 bits per heavy atom. The predicted octanol–water partition coefficient (Wildman–Crippen LogP) is 3.33. The van der Waals surface area contributed by atoms with Gasteiger partial charge in [-0.2, -0.15) is 0 Å². The van der Waals surface area contributed by atoms with Crippen LogP contribution in [0.5, 0.6) is 0 Å². The Labute approximate surface area is 157 Å². The number of carbonyl (C=O) groups excluding carboxylic acids is 1. The molecule has 0 radical (unpaired) electrons. The van der Waals surface area contributed by atoms with Crippen molar-refractivity contribution >= 4 is 28.4 Å². The second-order valence-electron chi connectivity index (χ2n) is 6.41. The Kier molecular flexibility index (Phi) is 5.61. The third kappa shape index (κ3) is 3.75. The van der Waals surface area contributed by atoms with Gasteiger partial charge in [-0.15, -0.1) is 0 Å². The smallest absolute Gasteiger partial charge is 0.257 e. The van der Waals surface area contributed by atoms with Crippen LogP contribution in [0.3, 0.4) is 0 Å². The predicted molar refractivity (Wildman–Crippen MR) is 105 cm³/mol. The second kappa shape index (κ2) is 7.91. The molecule has 1 heterocycles. The van der Waals surface area contributed by atoms with Crippen molar-refractivity contribution in [2.24, 2.45) is 0 Å². The lowest BCUT2D eigenvalue weighted by Gasteiger charge is -2.15. The zero-order chi connectivity index (χ0) is 18.7. The lowest BCUT2D eigenvalue weighted by atomic mass is 10.1. The molecule has 1 atom stereocenters. The van der Waals surface area contributed by atoms with Crippen molar-refractivity contribution in [3.63, 3.8) is 0 Å². The first-order valence-electron chi connectivity index (χ1n) is 8.55. The van der Waals surface area contributed by atoms with E-state index >= 15 is 0 Å². The van der Waals surface area contributed by atoms with Crippen LogP contribution in [0, 0.1) is 0 Å². The van der Waals surface area contributed by atoms with Crippen LogP contribution in [0.2, 0.25) is 5.15 Å². The summed E-state index contributed by atoms with van der Waals surface area (Å²) in [6, 6.07) is 17.4. The molecule has 0 saturated heterocycles. The molecule has 2 aromatic carbocycles. The van der Waals surface area contributed by atoms with E-state index in [1.165, 1.54) is 0 Å². The number of hydrogen-bond donors (Lipinski definition) is 3. The largest absolute Gasteiger partial charge is 0.372 e. The van der Waals surface area contributed by atoms with Gasteiger partial charge in [0.25, 0.3) is 5.91 Å². The number of fused-ring (bicyclic) bond motifs is 1. The fourth-order valence-electron chi connectivity index (χ4n) is 2.88. The van der Waals surface area contributed by atoms with Gasteiger partial charge < -0.3 is 15.7 Å². The minimum absolute atomic E-state index is 0.213. The number of aliphatic hydroxyl groups is 1. The average molecular weight is 372 g/mol. The van der Waals surface area contributed by atoms with Crippen LogP contribution < -0.4 is 10.6 Å². The Bertz CT molecular complexity index is 906. The van der Waals surface area contributed by atoms with Crippen LogP contribution in [0.4, 0.5) is 0 Å². The van der Waals surface area contributed by atoms with Gasteiger partial charge in [-0.05, 0) is 18.2 Å². The van der Waals surface area contributed by atoms with Gasteiger partial charge in [0.2, 0.25) is 0 Å². The highest BCUT2D eigenvalue weighted by atomic mass is 35.5. The molecule has 3 N–H and O–H groups in total. The number of carbonyl (C=O) groups is 1. The molecule has 0 saturated carbocycles. The number of benzene rings is 2. The number of aliphatic hydroxyl groups excluding tert-OH is 1. The molecule has 26 heavy (non-hydrogen) atoms. The first kappa shape index (κ1) is 18.5. The molecule has 3 aromatic rings. The molecular formula is C20H22ClN3O2. The monoisotopic (exact) mass is 371 g/mol. The van der Waals surface area contributed by atoms with Gasteiger partial charge in [-0.1, -0.05) is 61.8 Å². The highest BCUT2D eigenvalue weighted by Crippen LogP contribution is 2.33. The van der Waals surface area contributed by atoms with E-state index in [-0.39, 0.29) is 12.6 Å². The fraction of sp³-hybridized carbons (Fsp3) is 0.250. The van der Waals surface area contributed by atoms with E-state index in [0.29, 0.717) is 10.7 Å².